The molecular formula is C20H25N3O4. The molecule has 1 atom stereocenters. The maximum atomic E-state index is 12.7. The van der Waals surface area contributed by atoms with Gasteiger partial charge in [0.25, 0.3) is 5.91 Å². The first kappa shape index (κ1) is 19.1. The Bertz CT molecular complexity index is 833. The first-order chi connectivity index (χ1) is 12.6. The van der Waals surface area contributed by atoms with Crippen LogP contribution in [0.5, 0.6) is 0 Å². The van der Waals surface area contributed by atoms with Crippen LogP contribution in [0.2, 0.25) is 0 Å². The van der Waals surface area contributed by atoms with Crippen molar-refractivity contribution in [1.29, 1.82) is 0 Å². The molecule has 2 heterocycles. The van der Waals surface area contributed by atoms with Crippen molar-refractivity contribution in [2.75, 3.05) is 18.5 Å². The summed E-state index contributed by atoms with van der Waals surface area (Å²) in [6, 6.07) is 4.50. The molecule has 27 heavy (non-hydrogen) atoms. The van der Waals surface area contributed by atoms with Gasteiger partial charge in [-0.25, -0.2) is 4.79 Å². The van der Waals surface area contributed by atoms with Crippen LogP contribution in [-0.2, 0) is 16.0 Å². The minimum absolute atomic E-state index is 0.0235. The number of Topliss-reactive ketones (excluding diaryl/α,β-unsaturated/α-hetero) is 1. The van der Waals surface area contributed by atoms with Crippen LogP contribution >= 0.6 is 0 Å². The summed E-state index contributed by atoms with van der Waals surface area (Å²) in [5, 5.41) is 2.73. The number of urea groups is 1. The Morgan fingerprint density at radius 3 is 2.63 bits per heavy atom. The first-order valence-electron chi connectivity index (χ1n) is 9.19. The van der Waals surface area contributed by atoms with Gasteiger partial charge in [-0.15, -0.1) is 0 Å². The number of fused-ring (bicyclic) bond motifs is 1. The molecule has 4 amide bonds. The van der Waals surface area contributed by atoms with Crippen molar-refractivity contribution in [2.45, 2.75) is 45.6 Å². The quantitative estimate of drug-likeness (QED) is 0.613. The van der Waals surface area contributed by atoms with Crippen LogP contribution in [0.1, 0.15) is 49.5 Å². The largest absolute Gasteiger partial charge is 0.325 e. The lowest BCUT2D eigenvalue weighted by atomic mass is 9.92. The summed E-state index contributed by atoms with van der Waals surface area (Å²) in [4.78, 5) is 52.0. The number of imide groups is 1. The highest BCUT2D eigenvalue weighted by molar-refractivity contribution is 6.11. The molecule has 0 saturated carbocycles. The van der Waals surface area contributed by atoms with Gasteiger partial charge in [0.2, 0.25) is 5.91 Å². The SMILES string of the molecule is CC(C)CC[C@@]1(C)NC(=O)N(CC(=O)c2ccc3c(c2)CC(=O)N3C)C1=O. The maximum Gasteiger partial charge on any atom is 0.325 e. The second kappa shape index (κ2) is 6.79. The lowest BCUT2D eigenvalue weighted by Crippen LogP contribution is -2.44. The minimum atomic E-state index is -0.964. The van der Waals surface area contributed by atoms with E-state index < -0.39 is 11.6 Å². The number of rotatable bonds is 6. The molecule has 1 saturated heterocycles. The van der Waals surface area contributed by atoms with Gasteiger partial charge in [0, 0.05) is 18.3 Å². The van der Waals surface area contributed by atoms with Gasteiger partial charge in [-0.3, -0.25) is 19.3 Å². The standard InChI is InChI=1S/C20H25N3O4/c1-12(2)7-8-20(3)18(26)23(19(27)21-20)11-16(24)13-5-6-15-14(9-13)10-17(25)22(15)4/h5-6,9,12H,7-8,10-11H2,1-4H3,(H,21,27)/t20-/m1/s1. The molecule has 0 aliphatic carbocycles. The van der Waals surface area contributed by atoms with Gasteiger partial charge in [0.15, 0.2) is 5.78 Å². The molecule has 7 heteroatoms. The Balaban J connectivity index is 1.73. The fraction of sp³-hybridized carbons (Fsp3) is 0.500. The van der Waals surface area contributed by atoms with Crippen molar-refractivity contribution in [3.05, 3.63) is 29.3 Å². The molecule has 0 radical (unpaired) electrons. The van der Waals surface area contributed by atoms with E-state index in [-0.39, 0.29) is 30.6 Å². The fourth-order valence-electron chi connectivity index (χ4n) is 3.52. The minimum Gasteiger partial charge on any atom is -0.323 e. The van der Waals surface area contributed by atoms with Crippen molar-refractivity contribution in [3.8, 4) is 0 Å². The molecule has 0 unspecified atom stereocenters. The molecule has 1 N–H and O–H groups in total. The molecule has 144 valence electrons. The third kappa shape index (κ3) is 3.46. The zero-order valence-corrected chi connectivity index (χ0v) is 16.2. The number of likely N-dealkylation sites (N-methyl/N-ethyl adjacent to an activating group) is 1. The van der Waals surface area contributed by atoms with Crippen molar-refractivity contribution < 1.29 is 19.2 Å². The summed E-state index contributed by atoms with van der Waals surface area (Å²) in [5.74, 6) is -0.298. The summed E-state index contributed by atoms with van der Waals surface area (Å²) in [7, 11) is 1.70. The smallest absolute Gasteiger partial charge is 0.323 e. The monoisotopic (exact) mass is 371 g/mol. The van der Waals surface area contributed by atoms with E-state index in [4.69, 9.17) is 0 Å². The number of hydrogen-bond donors (Lipinski definition) is 1. The molecule has 0 aromatic heterocycles. The van der Waals surface area contributed by atoms with Gasteiger partial charge in [-0.05, 0) is 49.4 Å². The molecule has 1 aromatic carbocycles. The van der Waals surface area contributed by atoms with Gasteiger partial charge in [0.1, 0.15) is 5.54 Å². The van der Waals surface area contributed by atoms with Crippen LogP contribution in [0.15, 0.2) is 18.2 Å². The third-order valence-corrected chi connectivity index (χ3v) is 5.35. The van der Waals surface area contributed by atoms with Crippen molar-refractivity contribution in [3.63, 3.8) is 0 Å². The zero-order chi connectivity index (χ0) is 19.9. The summed E-state index contributed by atoms with van der Waals surface area (Å²) in [6.07, 6.45) is 1.59. The summed E-state index contributed by atoms with van der Waals surface area (Å²) in [5.41, 5.74) is 1.00. The molecular weight excluding hydrogens is 346 g/mol. The molecule has 1 fully saturated rings. The van der Waals surface area contributed by atoms with E-state index in [1.54, 1.807) is 37.1 Å². The van der Waals surface area contributed by atoms with E-state index in [1.807, 2.05) is 0 Å². The normalized spacial score (nSPS) is 21.9. The average molecular weight is 371 g/mol. The van der Waals surface area contributed by atoms with Crippen LogP contribution in [0.25, 0.3) is 0 Å². The number of amides is 4. The predicted octanol–water partition coefficient (Wildman–Crippen LogP) is 2.13. The van der Waals surface area contributed by atoms with E-state index >= 15 is 0 Å². The number of nitrogens with one attached hydrogen (secondary N) is 1. The molecule has 0 spiro atoms. The maximum absolute atomic E-state index is 12.7. The Labute approximate surface area is 158 Å². The Morgan fingerprint density at radius 2 is 1.96 bits per heavy atom. The number of anilines is 1. The van der Waals surface area contributed by atoms with Gasteiger partial charge in [-0.2, -0.15) is 0 Å². The molecule has 2 aliphatic heterocycles. The van der Waals surface area contributed by atoms with Crippen LogP contribution < -0.4 is 10.2 Å². The Kier molecular flexibility index (Phi) is 4.80. The van der Waals surface area contributed by atoms with E-state index in [0.29, 0.717) is 17.9 Å². The first-order valence-corrected chi connectivity index (χ1v) is 9.19. The summed E-state index contributed by atoms with van der Waals surface area (Å²) in [6.45, 7) is 5.52. The highest BCUT2D eigenvalue weighted by Gasteiger charge is 2.47. The van der Waals surface area contributed by atoms with Crippen molar-refractivity contribution >= 4 is 29.3 Å². The van der Waals surface area contributed by atoms with E-state index in [9.17, 15) is 19.2 Å². The van der Waals surface area contributed by atoms with Crippen molar-refractivity contribution in [1.82, 2.24) is 10.2 Å². The van der Waals surface area contributed by atoms with Gasteiger partial charge in [-0.1, -0.05) is 13.8 Å². The Hall–Kier alpha value is -2.70. The van der Waals surface area contributed by atoms with Crippen LogP contribution in [0.4, 0.5) is 10.5 Å². The van der Waals surface area contributed by atoms with Gasteiger partial charge >= 0.3 is 6.03 Å². The van der Waals surface area contributed by atoms with Crippen molar-refractivity contribution in [2.24, 2.45) is 5.92 Å². The van der Waals surface area contributed by atoms with Gasteiger partial charge in [0.05, 0.1) is 13.0 Å². The average Bonchev–Trinajstić information content (AvgIpc) is 3.01. The molecule has 1 aromatic rings. The molecule has 0 bridgehead atoms. The lowest BCUT2D eigenvalue weighted by molar-refractivity contribution is -0.130. The lowest BCUT2D eigenvalue weighted by Gasteiger charge is -2.22. The number of ketones is 1. The highest BCUT2D eigenvalue weighted by atomic mass is 16.2. The summed E-state index contributed by atoms with van der Waals surface area (Å²) >= 11 is 0. The fourth-order valence-corrected chi connectivity index (χ4v) is 3.52. The second-order valence-corrected chi connectivity index (χ2v) is 7.98. The number of nitrogens with zero attached hydrogens (tertiary/aromatic N) is 2. The molecule has 3 rings (SSSR count). The predicted molar refractivity (Wildman–Crippen MR) is 101 cm³/mol. The topological polar surface area (TPSA) is 86.8 Å². The third-order valence-electron chi connectivity index (χ3n) is 5.35. The van der Waals surface area contributed by atoms with Crippen LogP contribution in [0, 0.1) is 5.92 Å². The number of benzene rings is 1. The number of carbonyl (C=O) groups excluding carboxylic acids is 4. The Morgan fingerprint density at radius 1 is 1.26 bits per heavy atom. The zero-order valence-electron chi connectivity index (χ0n) is 16.2. The summed E-state index contributed by atoms with van der Waals surface area (Å²) < 4.78 is 0. The highest BCUT2D eigenvalue weighted by Crippen LogP contribution is 2.29. The van der Waals surface area contributed by atoms with Crippen LogP contribution in [-0.4, -0.2) is 47.7 Å². The van der Waals surface area contributed by atoms with E-state index in [1.165, 1.54) is 0 Å². The van der Waals surface area contributed by atoms with E-state index in [0.717, 1.165) is 22.6 Å². The van der Waals surface area contributed by atoms with Crippen LogP contribution in [0.3, 0.4) is 0 Å². The second-order valence-electron chi connectivity index (χ2n) is 7.98. The van der Waals surface area contributed by atoms with Gasteiger partial charge < -0.3 is 10.2 Å². The molecule has 2 aliphatic rings. The number of hydrogen-bond acceptors (Lipinski definition) is 4. The number of carbonyl (C=O) groups is 4. The molecule has 7 nitrogen and oxygen atoms in total. The van der Waals surface area contributed by atoms with E-state index in [2.05, 4.69) is 19.2 Å².